The molecular weight excluding hydrogens is 451 g/mol. The van der Waals surface area contributed by atoms with Crippen LogP contribution in [0.3, 0.4) is 0 Å². The van der Waals surface area contributed by atoms with Crippen molar-refractivity contribution in [3.05, 3.63) is 11.3 Å². The third kappa shape index (κ3) is 3.58. The second-order valence-corrected chi connectivity index (χ2v) is 8.92. The van der Waals surface area contributed by atoms with Crippen molar-refractivity contribution in [1.29, 1.82) is 0 Å². The van der Waals surface area contributed by atoms with Crippen LogP contribution in [0.15, 0.2) is 16.4 Å². The number of carboxylic acids is 1. The standard InChI is InChI=1S/C17H20N8O5S.Na.H/c1-23-17(20-21-22-23)31-6-8-4-7-5-24(16(30)19-9-2-3-18-13(9)26)12-10(7)25(14(12)27)11(8)15(28)29;;/h7,9-10,12H,2-6H2,1H3,(H,18,26)(H,19,30)(H,28,29);;/t7-,9+,10-,12+;;/m1../s1. The number of aliphatic carboxylic acids is 1. The van der Waals surface area contributed by atoms with Gasteiger partial charge in [-0.1, -0.05) is 11.8 Å². The van der Waals surface area contributed by atoms with Gasteiger partial charge < -0.3 is 20.6 Å². The topological polar surface area (TPSA) is 163 Å². The van der Waals surface area contributed by atoms with Crippen LogP contribution in [-0.2, 0) is 21.4 Å². The van der Waals surface area contributed by atoms with Crippen LogP contribution in [0, 0.1) is 5.92 Å². The summed E-state index contributed by atoms with van der Waals surface area (Å²) in [7, 11) is 1.69. The molecule has 13 nitrogen and oxygen atoms in total. The number of tetrazole rings is 1. The van der Waals surface area contributed by atoms with Gasteiger partial charge in [0.05, 0.1) is 6.04 Å². The third-order valence-corrected chi connectivity index (χ3v) is 7.31. The zero-order chi connectivity index (χ0) is 21.9. The van der Waals surface area contributed by atoms with E-state index in [-0.39, 0.29) is 53.1 Å². The molecule has 3 N–H and O–H groups in total. The first-order valence-corrected chi connectivity index (χ1v) is 10.8. The molecule has 166 valence electrons. The third-order valence-electron chi connectivity index (χ3n) is 6.21. The van der Waals surface area contributed by atoms with Gasteiger partial charge in [-0.05, 0) is 28.8 Å². The maximum absolute atomic E-state index is 12.9. The van der Waals surface area contributed by atoms with Crippen LogP contribution in [0.4, 0.5) is 4.79 Å². The molecule has 0 aromatic carbocycles. The van der Waals surface area contributed by atoms with Gasteiger partial charge in [0.1, 0.15) is 17.8 Å². The molecular formula is C17H21N8NaO5S. The molecule has 4 aliphatic rings. The second-order valence-electron chi connectivity index (χ2n) is 7.97. The van der Waals surface area contributed by atoms with Gasteiger partial charge in [-0.3, -0.25) is 14.5 Å². The number of β-lactam (4-membered cyclic amide) rings is 1. The number of carbonyl (C=O) groups excluding carboxylic acids is 3. The van der Waals surface area contributed by atoms with Crippen molar-refractivity contribution >= 4 is 65.1 Å². The average molecular weight is 472 g/mol. The Bertz CT molecular complexity index is 1030. The molecule has 1 aromatic heterocycles. The quantitative estimate of drug-likeness (QED) is 0.239. The first kappa shape index (κ1) is 23.0. The summed E-state index contributed by atoms with van der Waals surface area (Å²) in [5.41, 5.74) is 0.605. The number of carbonyl (C=O) groups is 4. The molecule has 0 aliphatic carbocycles. The van der Waals surface area contributed by atoms with Gasteiger partial charge in [0.15, 0.2) is 0 Å². The first-order valence-electron chi connectivity index (χ1n) is 9.85. The number of aromatic nitrogens is 4. The molecule has 3 fully saturated rings. The fourth-order valence-corrected chi connectivity index (χ4v) is 5.71. The van der Waals surface area contributed by atoms with Gasteiger partial charge in [0, 0.05) is 31.8 Å². The Morgan fingerprint density at radius 3 is 2.75 bits per heavy atom. The van der Waals surface area contributed by atoms with Crippen molar-refractivity contribution < 1.29 is 24.3 Å². The van der Waals surface area contributed by atoms with E-state index in [0.717, 1.165) is 0 Å². The van der Waals surface area contributed by atoms with E-state index in [2.05, 4.69) is 26.2 Å². The number of nitrogens with one attached hydrogen (secondary N) is 2. The van der Waals surface area contributed by atoms with Crippen LogP contribution >= 0.6 is 11.8 Å². The van der Waals surface area contributed by atoms with Crippen molar-refractivity contribution in [2.75, 3.05) is 18.8 Å². The van der Waals surface area contributed by atoms with Crippen molar-refractivity contribution in [2.45, 2.75) is 36.1 Å². The Kier molecular flexibility index (Phi) is 6.22. The van der Waals surface area contributed by atoms with E-state index in [9.17, 15) is 24.3 Å². The number of carboxylic acid groups (broad SMARTS) is 1. The molecule has 4 aliphatic heterocycles. The monoisotopic (exact) mass is 472 g/mol. The molecule has 0 saturated carbocycles. The number of likely N-dealkylation sites (tertiary alicyclic amines) is 1. The van der Waals surface area contributed by atoms with Crippen LogP contribution in [-0.4, -0.2) is 125 Å². The molecule has 0 radical (unpaired) electrons. The Morgan fingerprint density at radius 1 is 1.34 bits per heavy atom. The van der Waals surface area contributed by atoms with Crippen molar-refractivity contribution in [1.82, 2.24) is 40.6 Å². The summed E-state index contributed by atoms with van der Waals surface area (Å²) in [6.45, 7) is 0.823. The van der Waals surface area contributed by atoms with Gasteiger partial charge in [-0.15, -0.1) is 5.10 Å². The summed E-state index contributed by atoms with van der Waals surface area (Å²) in [6, 6.07) is -2.12. The number of thioether (sulfide) groups is 1. The van der Waals surface area contributed by atoms with E-state index in [0.29, 0.717) is 42.4 Å². The van der Waals surface area contributed by atoms with Crippen molar-refractivity contribution in [3.63, 3.8) is 0 Å². The minimum absolute atomic E-state index is 0. The normalized spacial score (nSPS) is 28.2. The molecule has 4 amide bonds. The summed E-state index contributed by atoms with van der Waals surface area (Å²) < 4.78 is 1.49. The Balaban J connectivity index is 0.00000245. The predicted octanol–water partition coefficient (Wildman–Crippen LogP) is -2.49. The molecule has 15 heteroatoms. The molecule has 4 atom stereocenters. The van der Waals surface area contributed by atoms with Crippen LogP contribution in [0.25, 0.3) is 0 Å². The molecule has 32 heavy (non-hydrogen) atoms. The first-order chi connectivity index (χ1) is 14.9. The number of hydrogen-bond acceptors (Lipinski definition) is 8. The van der Waals surface area contributed by atoms with E-state index >= 15 is 0 Å². The van der Waals surface area contributed by atoms with E-state index in [1.54, 1.807) is 7.05 Å². The van der Waals surface area contributed by atoms with Gasteiger partial charge >= 0.3 is 41.6 Å². The van der Waals surface area contributed by atoms with E-state index in [1.165, 1.54) is 26.2 Å². The van der Waals surface area contributed by atoms with Crippen LogP contribution in [0.5, 0.6) is 0 Å². The fraction of sp³-hybridized carbons (Fsp3) is 0.588. The Hall–Kier alpha value is -2.16. The van der Waals surface area contributed by atoms with E-state index < -0.39 is 30.0 Å². The number of nitrogens with zero attached hydrogens (tertiary/aromatic N) is 6. The second kappa shape index (κ2) is 8.65. The summed E-state index contributed by atoms with van der Waals surface area (Å²) in [4.78, 5) is 52.2. The van der Waals surface area contributed by atoms with E-state index in [1.807, 2.05) is 0 Å². The molecule has 0 spiro atoms. The molecule has 0 unspecified atom stereocenters. The molecule has 5 rings (SSSR count). The molecule has 5 heterocycles. The van der Waals surface area contributed by atoms with Crippen LogP contribution < -0.4 is 10.6 Å². The average Bonchev–Trinajstić information content (AvgIpc) is 3.42. The minimum atomic E-state index is -1.16. The zero-order valence-corrected chi connectivity index (χ0v) is 17.3. The molecule has 1 aromatic rings. The van der Waals surface area contributed by atoms with E-state index in [4.69, 9.17) is 0 Å². The summed E-state index contributed by atoms with van der Waals surface area (Å²) >= 11 is 1.30. The zero-order valence-electron chi connectivity index (χ0n) is 16.5. The number of hydrogen-bond donors (Lipinski definition) is 3. The van der Waals surface area contributed by atoms with Gasteiger partial charge in [-0.25, -0.2) is 14.3 Å². The Labute approximate surface area is 208 Å². The molecule has 3 saturated heterocycles. The summed E-state index contributed by atoms with van der Waals surface area (Å²) in [6.07, 6.45) is 0.956. The van der Waals surface area contributed by atoms with Crippen LogP contribution in [0.1, 0.15) is 12.8 Å². The predicted molar refractivity (Wildman–Crippen MR) is 111 cm³/mol. The number of amides is 4. The summed E-state index contributed by atoms with van der Waals surface area (Å²) in [5.74, 6) is -1.55. The summed E-state index contributed by atoms with van der Waals surface area (Å²) in [5, 5.41) is 26.9. The van der Waals surface area contributed by atoms with Gasteiger partial charge in [0.2, 0.25) is 11.1 Å². The van der Waals surface area contributed by atoms with Crippen molar-refractivity contribution in [2.24, 2.45) is 13.0 Å². The van der Waals surface area contributed by atoms with Gasteiger partial charge in [0.25, 0.3) is 5.91 Å². The SMILES string of the molecule is Cn1nnnc1SCC1=C(C(=O)O)N2C(=O)[C@@H]3[C@H]2[C@H](C1)CN3C(=O)N[C@H]1CCNC1=O.[NaH]. The van der Waals surface area contributed by atoms with Crippen LogP contribution in [0.2, 0.25) is 0 Å². The number of aryl methyl sites for hydroxylation is 1. The maximum atomic E-state index is 12.9. The Morgan fingerprint density at radius 2 is 2.12 bits per heavy atom. The fourth-order valence-electron chi connectivity index (χ4n) is 4.83. The molecule has 0 bridgehead atoms. The number of urea groups is 1. The van der Waals surface area contributed by atoms with Gasteiger partial charge in [-0.2, -0.15) is 0 Å². The van der Waals surface area contributed by atoms with Crippen molar-refractivity contribution in [3.8, 4) is 0 Å². The number of rotatable bonds is 5.